The van der Waals surface area contributed by atoms with E-state index in [-0.39, 0.29) is 11.8 Å². The summed E-state index contributed by atoms with van der Waals surface area (Å²) in [5.41, 5.74) is 3.91. The summed E-state index contributed by atoms with van der Waals surface area (Å²) in [6.07, 6.45) is 4.13. The van der Waals surface area contributed by atoms with Crippen molar-refractivity contribution in [3.05, 3.63) is 77.4 Å². The van der Waals surface area contributed by atoms with Crippen molar-refractivity contribution in [2.75, 3.05) is 4.90 Å². The van der Waals surface area contributed by atoms with Crippen molar-refractivity contribution in [1.82, 2.24) is 0 Å². The molecule has 0 aliphatic heterocycles. The highest BCUT2D eigenvalue weighted by atomic mass is 16.2. The summed E-state index contributed by atoms with van der Waals surface area (Å²) < 4.78 is 0. The largest absolute Gasteiger partial charge is 0.269 e. The van der Waals surface area contributed by atoms with E-state index in [1.807, 2.05) is 18.2 Å². The second-order valence-electron chi connectivity index (χ2n) is 6.21. The smallest absolute Gasteiger partial charge is 0.265 e. The molecule has 0 heterocycles. The van der Waals surface area contributed by atoms with Crippen LogP contribution >= 0.6 is 0 Å². The first-order valence-corrected chi connectivity index (χ1v) is 8.29. The summed E-state index contributed by atoms with van der Waals surface area (Å²) in [4.78, 5) is 27.1. The maximum atomic E-state index is 13.0. The fraction of sp³-hybridized carbons (Fsp3) is 0.238. The summed E-state index contributed by atoms with van der Waals surface area (Å²) in [5, 5.41) is 0. The summed E-state index contributed by atoms with van der Waals surface area (Å²) >= 11 is 0. The lowest BCUT2D eigenvalue weighted by Gasteiger charge is -2.27. The fourth-order valence-electron chi connectivity index (χ4n) is 3.18. The van der Waals surface area contributed by atoms with Crippen molar-refractivity contribution >= 4 is 17.5 Å². The first-order chi connectivity index (χ1) is 11.6. The molecule has 0 aromatic heterocycles. The highest BCUT2D eigenvalue weighted by Gasteiger charge is 2.28. The van der Waals surface area contributed by atoms with E-state index >= 15 is 0 Å². The van der Waals surface area contributed by atoms with Gasteiger partial charge in [-0.05, 0) is 61.9 Å². The first-order valence-electron chi connectivity index (χ1n) is 8.29. The van der Waals surface area contributed by atoms with Crippen LogP contribution < -0.4 is 4.90 Å². The molecule has 0 N–H and O–H groups in total. The van der Waals surface area contributed by atoms with Gasteiger partial charge >= 0.3 is 0 Å². The molecule has 0 fully saturated rings. The highest BCUT2D eigenvalue weighted by Crippen LogP contribution is 2.32. The maximum absolute atomic E-state index is 13.0. The van der Waals surface area contributed by atoms with Crippen LogP contribution in [0.2, 0.25) is 0 Å². The lowest BCUT2D eigenvalue weighted by molar-refractivity contribution is -0.114. The Morgan fingerprint density at radius 2 is 1.67 bits per heavy atom. The molecule has 3 nitrogen and oxygen atoms in total. The average Bonchev–Trinajstić information content (AvgIpc) is 2.62. The number of rotatable bonds is 3. The number of nitrogens with zero attached hydrogens (tertiary/aromatic N) is 1. The molecule has 3 heteroatoms. The Bertz CT molecular complexity index is 793. The number of amides is 2. The second kappa shape index (κ2) is 6.83. The second-order valence-corrected chi connectivity index (χ2v) is 6.21. The molecule has 0 bridgehead atoms. The molecule has 122 valence electrons. The van der Waals surface area contributed by atoms with Crippen LogP contribution in [0.25, 0.3) is 0 Å². The van der Waals surface area contributed by atoms with Crippen LogP contribution in [0.1, 0.15) is 41.3 Å². The lowest BCUT2D eigenvalue weighted by atomic mass is 9.90. The number of benzene rings is 2. The van der Waals surface area contributed by atoms with Gasteiger partial charge in [-0.3, -0.25) is 9.59 Å². The van der Waals surface area contributed by atoms with Gasteiger partial charge in [0.05, 0.1) is 5.69 Å². The number of fused-ring (bicyclic) bond motifs is 1. The number of hydrogen-bond donors (Lipinski definition) is 0. The Morgan fingerprint density at radius 3 is 2.38 bits per heavy atom. The minimum Gasteiger partial charge on any atom is -0.269 e. The Morgan fingerprint density at radius 1 is 0.958 bits per heavy atom. The summed E-state index contributed by atoms with van der Waals surface area (Å²) in [5.74, 6) is -0.648. The minimum absolute atomic E-state index is 0.303. The molecule has 0 saturated carbocycles. The van der Waals surface area contributed by atoms with Crippen molar-refractivity contribution in [2.45, 2.75) is 32.6 Å². The number of aryl methyl sites for hydroxylation is 1. The van der Waals surface area contributed by atoms with Crippen molar-refractivity contribution in [2.24, 2.45) is 0 Å². The SMILES string of the molecule is C=C(C)C(=O)N(C(=O)c1ccccc1)c1cccc2c1CCCC2. The molecule has 0 radical (unpaired) electrons. The van der Waals surface area contributed by atoms with E-state index in [0.717, 1.165) is 31.2 Å². The maximum Gasteiger partial charge on any atom is 0.265 e. The molecule has 3 rings (SSSR count). The third-order valence-electron chi connectivity index (χ3n) is 4.40. The Balaban J connectivity index is 2.11. The normalized spacial score (nSPS) is 13.0. The van der Waals surface area contributed by atoms with Crippen molar-refractivity contribution in [3.8, 4) is 0 Å². The third-order valence-corrected chi connectivity index (χ3v) is 4.40. The van der Waals surface area contributed by atoms with Gasteiger partial charge in [-0.1, -0.05) is 36.9 Å². The van der Waals surface area contributed by atoms with Gasteiger partial charge in [0.1, 0.15) is 0 Å². The summed E-state index contributed by atoms with van der Waals surface area (Å²) in [7, 11) is 0. The van der Waals surface area contributed by atoms with Crippen molar-refractivity contribution < 1.29 is 9.59 Å². The topological polar surface area (TPSA) is 37.4 Å². The van der Waals surface area contributed by atoms with Crippen LogP contribution in [0.3, 0.4) is 0 Å². The molecule has 2 aromatic rings. The molecule has 0 atom stereocenters. The van der Waals surface area contributed by atoms with E-state index < -0.39 is 0 Å². The summed E-state index contributed by atoms with van der Waals surface area (Å²) in [6.45, 7) is 5.39. The zero-order valence-electron chi connectivity index (χ0n) is 13.9. The predicted molar refractivity (Wildman–Crippen MR) is 96.2 cm³/mol. The van der Waals surface area contributed by atoms with Crippen molar-refractivity contribution in [1.29, 1.82) is 0 Å². The predicted octanol–water partition coefficient (Wildman–Crippen LogP) is 4.31. The number of carbonyl (C=O) groups excluding carboxylic acids is 2. The molecule has 0 spiro atoms. The lowest BCUT2D eigenvalue weighted by Crippen LogP contribution is -2.38. The molecule has 2 amide bonds. The first kappa shape index (κ1) is 16.2. The van der Waals surface area contributed by atoms with Gasteiger partial charge in [-0.15, -0.1) is 0 Å². The van der Waals surface area contributed by atoms with Gasteiger partial charge in [0.15, 0.2) is 0 Å². The van der Waals surface area contributed by atoms with Gasteiger partial charge in [0.25, 0.3) is 11.8 Å². The molecule has 24 heavy (non-hydrogen) atoms. The van der Waals surface area contributed by atoms with Crippen LogP contribution in [0.5, 0.6) is 0 Å². The zero-order chi connectivity index (χ0) is 17.1. The monoisotopic (exact) mass is 319 g/mol. The minimum atomic E-state index is -0.345. The van der Waals surface area contributed by atoms with E-state index in [1.165, 1.54) is 10.5 Å². The van der Waals surface area contributed by atoms with E-state index in [4.69, 9.17) is 0 Å². The number of carbonyl (C=O) groups is 2. The zero-order valence-corrected chi connectivity index (χ0v) is 13.9. The summed E-state index contributed by atoms with van der Waals surface area (Å²) in [6, 6.07) is 14.8. The van der Waals surface area contributed by atoms with E-state index in [0.29, 0.717) is 16.8 Å². The van der Waals surface area contributed by atoms with Crippen LogP contribution in [0, 0.1) is 0 Å². The fourth-order valence-corrected chi connectivity index (χ4v) is 3.18. The third kappa shape index (κ3) is 3.02. The Hall–Kier alpha value is -2.68. The van der Waals surface area contributed by atoms with Gasteiger partial charge in [0.2, 0.25) is 0 Å². The number of anilines is 1. The molecule has 0 saturated heterocycles. The molecule has 1 aliphatic carbocycles. The van der Waals surface area contributed by atoms with E-state index in [1.54, 1.807) is 31.2 Å². The van der Waals surface area contributed by atoms with Gasteiger partial charge < -0.3 is 0 Å². The van der Waals surface area contributed by atoms with Gasteiger partial charge in [0, 0.05) is 11.1 Å². The van der Waals surface area contributed by atoms with Crippen molar-refractivity contribution in [3.63, 3.8) is 0 Å². The Labute approximate surface area is 142 Å². The highest BCUT2D eigenvalue weighted by molar-refractivity contribution is 6.25. The molecule has 1 aliphatic rings. The van der Waals surface area contributed by atoms with Crippen LogP contribution in [-0.2, 0) is 17.6 Å². The van der Waals surface area contributed by atoms with Crippen LogP contribution in [0.4, 0.5) is 5.69 Å². The molecular formula is C21H21NO2. The number of imide groups is 1. The van der Waals surface area contributed by atoms with Gasteiger partial charge in [-0.2, -0.15) is 0 Å². The standard InChI is InChI=1S/C21H21NO2/c1-15(2)20(23)22(21(24)17-10-4-3-5-11-17)19-14-8-12-16-9-6-7-13-18(16)19/h3-5,8,10-12,14H,1,6-7,9,13H2,2H3. The number of hydrogen-bond acceptors (Lipinski definition) is 2. The average molecular weight is 319 g/mol. The van der Waals surface area contributed by atoms with E-state index in [2.05, 4.69) is 12.6 Å². The quantitative estimate of drug-likeness (QED) is 0.790. The Kier molecular flexibility index (Phi) is 4.61. The molecule has 2 aromatic carbocycles. The van der Waals surface area contributed by atoms with E-state index in [9.17, 15) is 9.59 Å². The van der Waals surface area contributed by atoms with Crippen LogP contribution in [-0.4, -0.2) is 11.8 Å². The van der Waals surface area contributed by atoms with Gasteiger partial charge in [-0.25, -0.2) is 4.90 Å². The van der Waals surface area contributed by atoms with Crippen LogP contribution in [0.15, 0.2) is 60.7 Å². The molecule has 0 unspecified atom stereocenters. The molecular weight excluding hydrogens is 298 g/mol.